The van der Waals surface area contributed by atoms with Crippen LogP contribution in [0.2, 0.25) is 0 Å². The fourth-order valence-electron chi connectivity index (χ4n) is 2.42. The van der Waals surface area contributed by atoms with Crippen LogP contribution in [0.15, 0.2) is 72.9 Å². The number of nitrogens with zero attached hydrogens (tertiary/aromatic N) is 2. The quantitative estimate of drug-likeness (QED) is 0.755. The van der Waals surface area contributed by atoms with Gasteiger partial charge in [0.15, 0.2) is 11.9 Å². The van der Waals surface area contributed by atoms with Gasteiger partial charge in [0.05, 0.1) is 5.69 Å². The highest BCUT2D eigenvalue weighted by atomic mass is 16.5. The van der Waals surface area contributed by atoms with Gasteiger partial charge in [-0.1, -0.05) is 48.5 Å². The van der Waals surface area contributed by atoms with Crippen LogP contribution in [0.1, 0.15) is 18.6 Å². The third kappa shape index (κ3) is 3.70. The van der Waals surface area contributed by atoms with Crippen LogP contribution in [-0.2, 0) is 9.53 Å². The van der Waals surface area contributed by atoms with Crippen molar-refractivity contribution >= 4 is 11.7 Å². The van der Waals surface area contributed by atoms with Crippen LogP contribution >= 0.6 is 0 Å². The van der Waals surface area contributed by atoms with Gasteiger partial charge < -0.3 is 10.1 Å². The Morgan fingerprint density at radius 1 is 1.08 bits per heavy atom. The first-order valence-corrected chi connectivity index (χ1v) is 7.86. The minimum atomic E-state index is -0.655. The predicted octanol–water partition coefficient (Wildman–Crippen LogP) is 3.59. The second-order valence-corrected chi connectivity index (χ2v) is 5.22. The number of hydrogen-bond donors (Lipinski definition) is 1. The van der Waals surface area contributed by atoms with Crippen molar-refractivity contribution in [1.82, 2.24) is 9.78 Å². The fourth-order valence-corrected chi connectivity index (χ4v) is 2.42. The van der Waals surface area contributed by atoms with Gasteiger partial charge in [-0.2, -0.15) is 5.10 Å². The third-order valence-electron chi connectivity index (χ3n) is 3.53. The number of hydrogen-bond acceptors (Lipinski definition) is 3. The third-order valence-corrected chi connectivity index (χ3v) is 3.53. The molecule has 5 heteroatoms. The molecule has 0 radical (unpaired) electrons. The molecule has 5 nitrogen and oxygen atoms in total. The number of aromatic nitrogens is 2. The molecule has 1 N–H and O–H groups in total. The molecule has 0 aliphatic carbocycles. The Balaban J connectivity index is 1.75. The van der Waals surface area contributed by atoms with E-state index in [2.05, 4.69) is 10.4 Å². The lowest BCUT2D eigenvalue weighted by atomic mass is 10.1. The SMILES string of the molecule is CCOC(C(=O)Nc1ccn(-c2ccccc2)n1)c1ccccc1. The first kappa shape index (κ1) is 16.0. The van der Waals surface area contributed by atoms with Gasteiger partial charge in [-0.05, 0) is 24.6 Å². The Morgan fingerprint density at radius 3 is 2.42 bits per heavy atom. The van der Waals surface area contributed by atoms with Crippen molar-refractivity contribution in [1.29, 1.82) is 0 Å². The van der Waals surface area contributed by atoms with Gasteiger partial charge in [0, 0.05) is 18.9 Å². The molecule has 0 spiro atoms. The first-order chi connectivity index (χ1) is 11.8. The van der Waals surface area contributed by atoms with E-state index >= 15 is 0 Å². The maximum absolute atomic E-state index is 12.6. The number of amides is 1. The standard InChI is InChI=1S/C19H19N3O2/c1-2-24-18(15-9-5-3-6-10-15)19(23)20-17-13-14-22(21-17)16-11-7-4-8-12-16/h3-14,18H,2H2,1H3,(H,20,21,23). The Labute approximate surface area is 140 Å². The van der Waals surface area contributed by atoms with Gasteiger partial charge in [-0.3, -0.25) is 4.79 Å². The number of ether oxygens (including phenoxy) is 1. The molecule has 0 aliphatic rings. The molecule has 1 atom stereocenters. The summed E-state index contributed by atoms with van der Waals surface area (Å²) >= 11 is 0. The van der Waals surface area contributed by atoms with E-state index in [1.807, 2.05) is 73.8 Å². The summed E-state index contributed by atoms with van der Waals surface area (Å²) in [6.07, 6.45) is 1.15. The highest BCUT2D eigenvalue weighted by Crippen LogP contribution is 2.19. The van der Waals surface area contributed by atoms with E-state index in [9.17, 15) is 4.79 Å². The highest BCUT2D eigenvalue weighted by Gasteiger charge is 2.21. The molecule has 1 heterocycles. The number of anilines is 1. The van der Waals surface area contributed by atoms with Crippen LogP contribution in [0, 0.1) is 0 Å². The number of carbonyl (C=O) groups excluding carboxylic acids is 1. The van der Waals surface area contributed by atoms with Gasteiger partial charge in [-0.25, -0.2) is 4.68 Å². The van der Waals surface area contributed by atoms with Crippen LogP contribution in [0.25, 0.3) is 5.69 Å². The number of carbonyl (C=O) groups is 1. The predicted molar refractivity (Wildman–Crippen MR) is 93.0 cm³/mol. The molecule has 3 rings (SSSR count). The van der Waals surface area contributed by atoms with Crippen LogP contribution in [-0.4, -0.2) is 22.3 Å². The summed E-state index contributed by atoms with van der Waals surface area (Å²) in [5, 5.41) is 7.21. The van der Waals surface area contributed by atoms with Crippen molar-refractivity contribution in [2.24, 2.45) is 0 Å². The van der Waals surface area contributed by atoms with Gasteiger partial charge in [0.2, 0.25) is 0 Å². The average Bonchev–Trinajstić information content (AvgIpc) is 3.09. The normalized spacial score (nSPS) is 11.9. The maximum atomic E-state index is 12.6. The molecule has 0 saturated heterocycles. The molecule has 1 amide bonds. The Hall–Kier alpha value is -2.92. The van der Waals surface area contributed by atoms with Gasteiger partial charge >= 0.3 is 0 Å². The summed E-state index contributed by atoms with van der Waals surface area (Å²) in [5.41, 5.74) is 1.75. The summed E-state index contributed by atoms with van der Waals surface area (Å²) in [7, 11) is 0. The number of nitrogens with one attached hydrogen (secondary N) is 1. The highest BCUT2D eigenvalue weighted by molar-refractivity contribution is 5.94. The van der Waals surface area contributed by atoms with Gasteiger partial charge in [0.25, 0.3) is 5.91 Å². The monoisotopic (exact) mass is 321 g/mol. The second kappa shape index (κ2) is 7.57. The van der Waals surface area contributed by atoms with E-state index in [4.69, 9.17) is 4.74 Å². The Morgan fingerprint density at radius 2 is 1.75 bits per heavy atom. The van der Waals surface area contributed by atoms with E-state index in [1.165, 1.54) is 0 Å². The van der Waals surface area contributed by atoms with Crippen LogP contribution < -0.4 is 5.32 Å². The lowest BCUT2D eigenvalue weighted by Gasteiger charge is -2.16. The molecule has 0 saturated carbocycles. The topological polar surface area (TPSA) is 56.1 Å². The van der Waals surface area contributed by atoms with Crippen LogP contribution in [0.3, 0.4) is 0 Å². The van der Waals surface area contributed by atoms with E-state index < -0.39 is 6.10 Å². The molecule has 1 unspecified atom stereocenters. The van der Waals surface area contributed by atoms with Crippen molar-refractivity contribution in [3.63, 3.8) is 0 Å². The van der Waals surface area contributed by atoms with E-state index in [0.717, 1.165) is 11.3 Å². The number of benzene rings is 2. The van der Waals surface area contributed by atoms with Crippen LogP contribution in [0.4, 0.5) is 5.82 Å². The zero-order valence-electron chi connectivity index (χ0n) is 13.4. The minimum Gasteiger partial charge on any atom is -0.364 e. The van der Waals surface area contributed by atoms with Crippen molar-refractivity contribution in [3.05, 3.63) is 78.5 Å². The second-order valence-electron chi connectivity index (χ2n) is 5.22. The molecule has 1 aromatic heterocycles. The molecule has 0 fully saturated rings. The smallest absolute Gasteiger partial charge is 0.259 e. The largest absolute Gasteiger partial charge is 0.364 e. The molecule has 24 heavy (non-hydrogen) atoms. The summed E-state index contributed by atoms with van der Waals surface area (Å²) < 4.78 is 7.32. The van der Waals surface area contributed by atoms with E-state index in [-0.39, 0.29) is 5.91 Å². The maximum Gasteiger partial charge on any atom is 0.259 e. The van der Waals surface area contributed by atoms with E-state index in [0.29, 0.717) is 12.4 Å². The Bertz CT molecular complexity index is 785. The molecule has 2 aromatic carbocycles. The average molecular weight is 321 g/mol. The van der Waals surface area contributed by atoms with Crippen molar-refractivity contribution < 1.29 is 9.53 Å². The zero-order chi connectivity index (χ0) is 16.8. The lowest BCUT2D eigenvalue weighted by Crippen LogP contribution is -2.23. The van der Waals surface area contributed by atoms with Gasteiger partial charge in [0.1, 0.15) is 0 Å². The van der Waals surface area contributed by atoms with Crippen molar-refractivity contribution in [2.45, 2.75) is 13.0 Å². The summed E-state index contributed by atoms with van der Waals surface area (Å²) in [6, 6.07) is 20.9. The molecule has 0 aliphatic heterocycles. The van der Waals surface area contributed by atoms with E-state index in [1.54, 1.807) is 10.7 Å². The zero-order valence-corrected chi connectivity index (χ0v) is 13.4. The van der Waals surface area contributed by atoms with Gasteiger partial charge in [-0.15, -0.1) is 0 Å². The summed E-state index contributed by atoms with van der Waals surface area (Å²) in [5.74, 6) is 0.255. The minimum absolute atomic E-state index is 0.235. The van der Waals surface area contributed by atoms with Crippen molar-refractivity contribution in [2.75, 3.05) is 11.9 Å². The van der Waals surface area contributed by atoms with Crippen molar-refractivity contribution in [3.8, 4) is 5.69 Å². The number of rotatable bonds is 6. The summed E-state index contributed by atoms with van der Waals surface area (Å²) in [6.45, 7) is 2.32. The van der Waals surface area contributed by atoms with Crippen LogP contribution in [0.5, 0.6) is 0 Å². The first-order valence-electron chi connectivity index (χ1n) is 7.86. The molecular formula is C19H19N3O2. The molecular weight excluding hydrogens is 302 g/mol. The molecule has 0 bridgehead atoms. The molecule has 3 aromatic rings. The number of para-hydroxylation sites is 1. The fraction of sp³-hybridized carbons (Fsp3) is 0.158. The Kier molecular flexibility index (Phi) is 5.03. The summed E-state index contributed by atoms with van der Waals surface area (Å²) in [4.78, 5) is 12.6. The molecule has 122 valence electrons. The lowest BCUT2D eigenvalue weighted by molar-refractivity contribution is -0.127.